The summed E-state index contributed by atoms with van der Waals surface area (Å²) in [6.07, 6.45) is 3.67. The largest absolute Gasteiger partial charge is 0.396 e. The van der Waals surface area contributed by atoms with E-state index in [0.717, 1.165) is 18.4 Å². The van der Waals surface area contributed by atoms with Crippen LogP contribution in [0.15, 0.2) is 35.4 Å². The van der Waals surface area contributed by atoms with E-state index in [-0.39, 0.29) is 10.6 Å². The van der Waals surface area contributed by atoms with Gasteiger partial charge in [-0.15, -0.1) is 0 Å². The lowest BCUT2D eigenvalue weighted by Gasteiger charge is -2.12. The fourth-order valence-electron chi connectivity index (χ4n) is 1.99. The topological polar surface area (TPSA) is 90.0 Å². The van der Waals surface area contributed by atoms with Gasteiger partial charge in [-0.2, -0.15) is 5.10 Å². The number of sulfone groups is 1. The molecule has 0 aliphatic rings. The van der Waals surface area contributed by atoms with Gasteiger partial charge < -0.3 is 11.1 Å². The SMILES string of the molecule is Cn1nccc1CCNc1cccc(S(C)(=O)=O)c1N. The summed E-state index contributed by atoms with van der Waals surface area (Å²) in [4.78, 5) is 0.156. The Morgan fingerprint density at radius 1 is 1.35 bits per heavy atom. The predicted octanol–water partition coefficient (Wildman–Crippen LogP) is 1.06. The number of nitrogens with one attached hydrogen (secondary N) is 1. The van der Waals surface area contributed by atoms with Gasteiger partial charge in [0.2, 0.25) is 0 Å². The third kappa shape index (κ3) is 3.11. The maximum atomic E-state index is 11.6. The van der Waals surface area contributed by atoms with Crippen molar-refractivity contribution < 1.29 is 8.42 Å². The van der Waals surface area contributed by atoms with Crippen LogP contribution in [0, 0.1) is 0 Å². The van der Waals surface area contributed by atoms with Gasteiger partial charge in [0.15, 0.2) is 9.84 Å². The van der Waals surface area contributed by atoms with Gasteiger partial charge >= 0.3 is 0 Å². The molecular formula is C13H18N4O2S. The Bertz CT molecular complexity index is 707. The van der Waals surface area contributed by atoms with Crippen molar-refractivity contribution in [2.75, 3.05) is 23.9 Å². The van der Waals surface area contributed by atoms with Crippen LogP contribution in [0.5, 0.6) is 0 Å². The zero-order valence-electron chi connectivity index (χ0n) is 11.5. The maximum absolute atomic E-state index is 11.6. The third-order valence-corrected chi connectivity index (χ3v) is 4.24. The molecule has 1 aromatic carbocycles. The number of para-hydroxylation sites is 1. The Morgan fingerprint density at radius 3 is 2.70 bits per heavy atom. The summed E-state index contributed by atoms with van der Waals surface area (Å²) >= 11 is 0. The Balaban J connectivity index is 2.09. The van der Waals surface area contributed by atoms with E-state index in [4.69, 9.17) is 5.73 Å². The molecule has 0 spiro atoms. The molecular weight excluding hydrogens is 276 g/mol. The number of nitrogens with zero attached hydrogens (tertiary/aromatic N) is 2. The van der Waals surface area contributed by atoms with Crippen molar-refractivity contribution in [2.24, 2.45) is 7.05 Å². The van der Waals surface area contributed by atoms with E-state index in [0.29, 0.717) is 12.2 Å². The van der Waals surface area contributed by atoms with Crippen molar-refractivity contribution >= 4 is 21.2 Å². The average Bonchev–Trinajstić information content (AvgIpc) is 2.76. The molecule has 0 bridgehead atoms. The van der Waals surface area contributed by atoms with Crippen LogP contribution in [0.4, 0.5) is 11.4 Å². The fraction of sp³-hybridized carbons (Fsp3) is 0.308. The number of aryl methyl sites for hydroxylation is 1. The molecule has 0 saturated carbocycles. The van der Waals surface area contributed by atoms with Crippen molar-refractivity contribution in [3.63, 3.8) is 0 Å². The summed E-state index contributed by atoms with van der Waals surface area (Å²) in [5.41, 5.74) is 7.89. The Hall–Kier alpha value is -2.02. The lowest BCUT2D eigenvalue weighted by molar-refractivity contribution is 0.602. The minimum atomic E-state index is -3.31. The highest BCUT2D eigenvalue weighted by Gasteiger charge is 2.13. The van der Waals surface area contributed by atoms with Gasteiger partial charge in [-0.05, 0) is 18.2 Å². The Morgan fingerprint density at radius 2 is 2.10 bits per heavy atom. The molecule has 6 nitrogen and oxygen atoms in total. The summed E-state index contributed by atoms with van der Waals surface area (Å²) in [6, 6.07) is 6.90. The molecule has 1 aromatic heterocycles. The first-order valence-corrected chi connectivity index (χ1v) is 8.08. The molecule has 0 saturated heterocycles. The minimum Gasteiger partial charge on any atom is -0.396 e. The highest BCUT2D eigenvalue weighted by molar-refractivity contribution is 7.90. The number of rotatable bonds is 5. The first-order chi connectivity index (χ1) is 9.39. The number of benzene rings is 1. The third-order valence-electron chi connectivity index (χ3n) is 3.08. The number of hydrogen-bond acceptors (Lipinski definition) is 5. The van der Waals surface area contributed by atoms with Crippen LogP contribution in [0.25, 0.3) is 0 Å². The number of anilines is 2. The van der Waals surface area contributed by atoms with Crippen molar-refractivity contribution in [1.82, 2.24) is 9.78 Å². The second-order valence-electron chi connectivity index (χ2n) is 4.61. The molecule has 0 fully saturated rings. The second-order valence-corrected chi connectivity index (χ2v) is 6.60. The summed E-state index contributed by atoms with van der Waals surface area (Å²) in [7, 11) is -1.43. The van der Waals surface area contributed by atoms with Crippen LogP contribution in [0.2, 0.25) is 0 Å². The summed E-state index contributed by atoms with van der Waals surface area (Å²) in [6.45, 7) is 0.650. The zero-order valence-corrected chi connectivity index (χ0v) is 12.3. The van der Waals surface area contributed by atoms with Crippen LogP contribution in [0.3, 0.4) is 0 Å². The van der Waals surface area contributed by atoms with Crippen molar-refractivity contribution in [3.8, 4) is 0 Å². The zero-order chi connectivity index (χ0) is 14.8. The molecule has 0 unspecified atom stereocenters. The van der Waals surface area contributed by atoms with E-state index in [1.165, 1.54) is 6.07 Å². The molecule has 0 radical (unpaired) electrons. The van der Waals surface area contributed by atoms with Gasteiger partial charge in [-0.25, -0.2) is 8.42 Å². The van der Waals surface area contributed by atoms with Crippen LogP contribution in [-0.2, 0) is 23.3 Å². The predicted molar refractivity (Wildman–Crippen MR) is 79.4 cm³/mol. The maximum Gasteiger partial charge on any atom is 0.177 e. The molecule has 7 heteroatoms. The molecule has 2 aromatic rings. The summed E-state index contributed by atoms with van der Waals surface area (Å²) < 4.78 is 25.0. The number of hydrogen-bond donors (Lipinski definition) is 2. The molecule has 0 aliphatic heterocycles. The second kappa shape index (κ2) is 5.54. The highest BCUT2D eigenvalue weighted by atomic mass is 32.2. The lowest BCUT2D eigenvalue weighted by Crippen LogP contribution is -2.11. The van der Waals surface area contributed by atoms with Gasteiger partial charge in [0, 0.05) is 38.2 Å². The molecule has 0 aliphatic carbocycles. The van der Waals surface area contributed by atoms with Gasteiger partial charge in [0.25, 0.3) is 0 Å². The van der Waals surface area contributed by atoms with E-state index in [9.17, 15) is 8.42 Å². The van der Waals surface area contributed by atoms with Crippen LogP contribution in [-0.4, -0.2) is 31.0 Å². The minimum absolute atomic E-state index is 0.156. The molecule has 0 atom stereocenters. The normalized spacial score (nSPS) is 11.5. The van der Waals surface area contributed by atoms with Crippen LogP contribution >= 0.6 is 0 Å². The standard InChI is InChI=1S/C13H18N4O2S/c1-17-10(7-9-16-17)6-8-15-11-4-3-5-12(13(11)14)20(2,18)19/h3-5,7,9,15H,6,8,14H2,1-2H3. The van der Waals surface area contributed by atoms with Crippen molar-refractivity contribution in [3.05, 3.63) is 36.2 Å². The van der Waals surface area contributed by atoms with Crippen LogP contribution in [0.1, 0.15) is 5.69 Å². The van der Waals surface area contributed by atoms with E-state index in [2.05, 4.69) is 10.4 Å². The molecule has 3 N–H and O–H groups in total. The Labute approximate surface area is 118 Å². The molecule has 1 heterocycles. The van der Waals surface area contributed by atoms with E-state index in [1.54, 1.807) is 23.0 Å². The lowest BCUT2D eigenvalue weighted by atomic mass is 10.2. The molecule has 20 heavy (non-hydrogen) atoms. The van der Waals surface area contributed by atoms with E-state index < -0.39 is 9.84 Å². The van der Waals surface area contributed by atoms with Gasteiger partial charge in [0.1, 0.15) is 0 Å². The fourth-order valence-corrected chi connectivity index (χ4v) is 2.83. The van der Waals surface area contributed by atoms with Crippen LogP contribution < -0.4 is 11.1 Å². The quantitative estimate of drug-likeness (QED) is 0.805. The number of aromatic nitrogens is 2. The number of nitrogen functional groups attached to an aromatic ring is 1. The van der Waals surface area contributed by atoms with E-state index >= 15 is 0 Å². The van der Waals surface area contributed by atoms with E-state index in [1.807, 2.05) is 13.1 Å². The first-order valence-electron chi connectivity index (χ1n) is 6.19. The monoisotopic (exact) mass is 294 g/mol. The summed E-state index contributed by atoms with van der Waals surface area (Å²) in [5, 5.41) is 7.25. The van der Waals surface area contributed by atoms with Crippen molar-refractivity contribution in [1.29, 1.82) is 0 Å². The molecule has 2 rings (SSSR count). The van der Waals surface area contributed by atoms with Crippen molar-refractivity contribution in [2.45, 2.75) is 11.3 Å². The number of nitrogens with two attached hydrogens (primary N) is 1. The average molecular weight is 294 g/mol. The summed E-state index contributed by atoms with van der Waals surface area (Å²) in [5.74, 6) is 0. The first kappa shape index (κ1) is 14.4. The molecule has 0 amide bonds. The van der Waals surface area contributed by atoms with Gasteiger partial charge in [0.05, 0.1) is 16.3 Å². The van der Waals surface area contributed by atoms with Gasteiger partial charge in [-0.1, -0.05) is 6.07 Å². The Kier molecular flexibility index (Phi) is 3.99. The van der Waals surface area contributed by atoms with Gasteiger partial charge in [-0.3, -0.25) is 4.68 Å². The molecule has 108 valence electrons. The smallest absolute Gasteiger partial charge is 0.177 e. The highest BCUT2D eigenvalue weighted by Crippen LogP contribution is 2.26.